The number of piperidine rings is 1. The molecule has 1 saturated heterocycles. The Morgan fingerprint density at radius 2 is 2.27 bits per heavy atom. The number of rotatable bonds is 1. The van der Waals surface area contributed by atoms with Gasteiger partial charge < -0.3 is 0 Å². The second-order valence-electron chi connectivity index (χ2n) is 4.36. The maximum atomic E-state index is 5.87. The number of hydrogen-bond donors (Lipinski definition) is 0. The molecule has 82 valence electrons. The molecule has 1 fully saturated rings. The van der Waals surface area contributed by atoms with Gasteiger partial charge in [0.2, 0.25) is 0 Å². The summed E-state index contributed by atoms with van der Waals surface area (Å²) in [5, 5.41) is 0.592. The fourth-order valence-electron chi connectivity index (χ4n) is 2.35. The fraction of sp³-hybridized carbons (Fsp3) is 0.583. The van der Waals surface area contributed by atoms with Crippen LogP contribution in [0.3, 0.4) is 0 Å². The highest BCUT2D eigenvalue weighted by Gasteiger charge is 2.22. The van der Waals surface area contributed by atoms with E-state index >= 15 is 0 Å². The van der Waals surface area contributed by atoms with Crippen LogP contribution in [-0.2, 0) is 0 Å². The molecule has 0 radical (unpaired) electrons. The summed E-state index contributed by atoms with van der Waals surface area (Å²) in [7, 11) is 2.19. The van der Waals surface area contributed by atoms with Crippen LogP contribution in [0.1, 0.15) is 36.4 Å². The van der Waals surface area contributed by atoms with Crippen molar-refractivity contribution >= 4 is 11.6 Å². The zero-order valence-corrected chi connectivity index (χ0v) is 10.1. The third-order valence-electron chi connectivity index (χ3n) is 3.25. The molecule has 1 aliphatic rings. The summed E-state index contributed by atoms with van der Waals surface area (Å²) < 4.78 is 0. The van der Waals surface area contributed by atoms with Gasteiger partial charge in [-0.15, -0.1) is 0 Å². The van der Waals surface area contributed by atoms with Crippen LogP contribution >= 0.6 is 11.6 Å². The van der Waals surface area contributed by atoms with Crippen LogP contribution in [0.5, 0.6) is 0 Å². The molecule has 0 unspecified atom stereocenters. The van der Waals surface area contributed by atoms with Gasteiger partial charge in [0.05, 0.1) is 0 Å². The van der Waals surface area contributed by atoms with E-state index in [1.54, 1.807) is 0 Å². The van der Waals surface area contributed by atoms with Gasteiger partial charge in [-0.3, -0.25) is 4.90 Å². The number of halogens is 1. The summed E-state index contributed by atoms with van der Waals surface area (Å²) in [6, 6.07) is 2.49. The molecule has 0 spiro atoms. The number of aromatic nitrogens is 1. The standard InChI is InChI=1S/C12H17ClN2/c1-9-7-12(13)14-8-10(9)11-5-3-4-6-15(11)2/h7-8,11H,3-6H2,1-2H3/t11-/m1/s1. The lowest BCUT2D eigenvalue weighted by molar-refractivity contribution is 0.186. The van der Waals surface area contributed by atoms with E-state index in [4.69, 9.17) is 11.6 Å². The van der Waals surface area contributed by atoms with Crippen molar-refractivity contribution in [2.24, 2.45) is 0 Å². The number of aryl methyl sites for hydroxylation is 1. The molecule has 3 heteroatoms. The molecule has 0 amide bonds. The first-order valence-electron chi connectivity index (χ1n) is 5.51. The summed E-state index contributed by atoms with van der Waals surface area (Å²) in [5.74, 6) is 0. The average molecular weight is 225 g/mol. The average Bonchev–Trinajstić information content (AvgIpc) is 2.20. The topological polar surface area (TPSA) is 16.1 Å². The zero-order chi connectivity index (χ0) is 10.8. The molecule has 0 aliphatic carbocycles. The lowest BCUT2D eigenvalue weighted by Gasteiger charge is -2.33. The highest BCUT2D eigenvalue weighted by Crippen LogP contribution is 2.31. The number of nitrogens with zero attached hydrogens (tertiary/aromatic N) is 2. The van der Waals surface area contributed by atoms with Gasteiger partial charge in [0, 0.05) is 12.2 Å². The highest BCUT2D eigenvalue weighted by atomic mass is 35.5. The van der Waals surface area contributed by atoms with Crippen LogP contribution < -0.4 is 0 Å². The maximum Gasteiger partial charge on any atom is 0.129 e. The molecular formula is C12H17ClN2. The van der Waals surface area contributed by atoms with Gasteiger partial charge in [-0.25, -0.2) is 4.98 Å². The molecule has 2 nitrogen and oxygen atoms in total. The van der Waals surface area contributed by atoms with Gasteiger partial charge in [0.1, 0.15) is 5.15 Å². The summed E-state index contributed by atoms with van der Waals surface area (Å²) >= 11 is 5.87. The van der Waals surface area contributed by atoms with Crippen LogP contribution in [0.15, 0.2) is 12.3 Å². The molecule has 2 rings (SSSR count). The van der Waals surface area contributed by atoms with E-state index < -0.39 is 0 Å². The SMILES string of the molecule is Cc1cc(Cl)ncc1[C@H]1CCCCN1C. The van der Waals surface area contributed by atoms with Crippen LogP contribution in [0.4, 0.5) is 0 Å². The summed E-state index contributed by atoms with van der Waals surface area (Å²) in [4.78, 5) is 6.61. The third-order valence-corrected chi connectivity index (χ3v) is 3.45. The quantitative estimate of drug-likeness (QED) is 0.681. The summed E-state index contributed by atoms with van der Waals surface area (Å²) in [6.07, 6.45) is 5.80. The molecule has 1 aromatic heterocycles. The zero-order valence-electron chi connectivity index (χ0n) is 9.33. The van der Waals surface area contributed by atoms with Crippen LogP contribution in [0.25, 0.3) is 0 Å². The molecular weight excluding hydrogens is 208 g/mol. The first kappa shape index (κ1) is 10.9. The van der Waals surface area contributed by atoms with Crippen molar-refractivity contribution in [1.82, 2.24) is 9.88 Å². The fourth-order valence-corrected chi connectivity index (χ4v) is 2.56. The van der Waals surface area contributed by atoms with Gasteiger partial charge >= 0.3 is 0 Å². The van der Waals surface area contributed by atoms with E-state index in [0.717, 1.165) is 0 Å². The Labute approximate surface area is 96.3 Å². The number of likely N-dealkylation sites (tertiary alicyclic amines) is 1. The van der Waals surface area contributed by atoms with Crippen molar-refractivity contribution < 1.29 is 0 Å². The summed E-state index contributed by atoms with van der Waals surface area (Å²) in [5.41, 5.74) is 2.59. The first-order chi connectivity index (χ1) is 7.18. The number of hydrogen-bond acceptors (Lipinski definition) is 2. The molecule has 0 aromatic carbocycles. The Bertz CT molecular complexity index is 351. The molecule has 1 aliphatic heterocycles. The van der Waals surface area contributed by atoms with Crippen LogP contribution in [0.2, 0.25) is 5.15 Å². The Morgan fingerprint density at radius 1 is 1.47 bits per heavy atom. The first-order valence-corrected chi connectivity index (χ1v) is 5.88. The van der Waals surface area contributed by atoms with Crippen molar-refractivity contribution in [2.45, 2.75) is 32.2 Å². The van der Waals surface area contributed by atoms with E-state index in [0.29, 0.717) is 11.2 Å². The molecule has 15 heavy (non-hydrogen) atoms. The lowest BCUT2D eigenvalue weighted by atomic mass is 9.94. The van der Waals surface area contributed by atoms with Crippen molar-refractivity contribution in [1.29, 1.82) is 0 Å². The third kappa shape index (κ3) is 2.32. The van der Waals surface area contributed by atoms with E-state index in [-0.39, 0.29) is 0 Å². The second-order valence-corrected chi connectivity index (χ2v) is 4.74. The van der Waals surface area contributed by atoms with Crippen molar-refractivity contribution in [3.63, 3.8) is 0 Å². The molecule has 0 saturated carbocycles. The minimum absolute atomic E-state index is 0.531. The molecule has 1 atom stereocenters. The Hall–Kier alpha value is -0.600. The molecule has 1 aromatic rings. The second kappa shape index (κ2) is 4.50. The minimum Gasteiger partial charge on any atom is -0.299 e. The monoisotopic (exact) mass is 224 g/mol. The van der Waals surface area contributed by atoms with Crippen LogP contribution in [-0.4, -0.2) is 23.5 Å². The molecule has 0 N–H and O–H groups in total. The predicted molar refractivity (Wildman–Crippen MR) is 63.2 cm³/mol. The Balaban J connectivity index is 2.27. The molecule has 0 bridgehead atoms. The molecule has 2 heterocycles. The van der Waals surface area contributed by atoms with E-state index in [1.165, 1.54) is 36.9 Å². The maximum absolute atomic E-state index is 5.87. The number of pyridine rings is 1. The normalized spacial score (nSPS) is 23.0. The van der Waals surface area contributed by atoms with Gasteiger partial charge in [0.15, 0.2) is 0 Å². The lowest BCUT2D eigenvalue weighted by Crippen LogP contribution is -2.30. The Kier molecular flexibility index (Phi) is 3.27. The van der Waals surface area contributed by atoms with E-state index in [9.17, 15) is 0 Å². The smallest absolute Gasteiger partial charge is 0.129 e. The van der Waals surface area contributed by atoms with E-state index in [2.05, 4.69) is 23.9 Å². The van der Waals surface area contributed by atoms with Gasteiger partial charge in [-0.05, 0) is 50.6 Å². The van der Waals surface area contributed by atoms with Crippen molar-refractivity contribution in [3.8, 4) is 0 Å². The van der Waals surface area contributed by atoms with E-state index in [1.807, 2.05) is 12.3 Å². The van der Waals surface area contributed by atoms with Gasteiger partial charge in [-0.1, -0.05) is 18.0 Å². The highest BCUT2D eigenvalue weighted by molar-refractivity contribution is 6.29. The van der Waals surface area contributed by atoms with Crippen molar-refractivity contribution in [3.05, 3.63) is 28.5 Å². The predicted octanol–water partition coefficient (Wildman–Crippen LogP) is 3.20. The Morgan fingerprint density at radius 3 is 2.93 bits per heavy atom. The van der Waals surface area contributed by atoms with Gasteiger partial charge in [-0.2, -0.15) is 0 Å². The minimum atomic E-state index is 0.531. The largest absolute Gasteiger partial charge is 0.299 e. The van der Waals surface area contributed by atoms with Crippen LogP contribution in [0, 0.1) is 6.92 Å². The van der Waals surface area contributed by atoms with Gasteiger partial charge in [0.25, 0.3) is 0 Å². The summed E-state index contributed by atoms with van der Waals surface area (Å²) in [6.45, 7) is 3.30. The van der Waals surface area contributed by atoms with Crippen molar-refractivity contribution in [2.75, 3.05) is 13.6 Å².